The minimum atomic E-state index is -0.801. The van der Waals surface area contributed by atoms with Crippen LogP contribution in [0.15, 0.2) is 134 Å². The molecule has 0 N–H and O–H groups in total. The summed E-state index contributed by atoms with van der Waals surface area (Å²) in [6.07, 6.45) is 91.6. The fraction of sp³-hybridized carbons (Fsp3) is 0.653. The predicted molar refractivity (Wildman–Crippen MR) is 339 cm³/mol. The van der Waals surface area contributed by atoms with Gasteiger partial charge in [0.15, 0.2) is 6.10 Å². The number of esters is 3. The first-order valence-corrected chi connectivity index (χ1v) is 32.2. The SMILES string of the molecule is CC/C=C\C/C=C\C/C=C\C/C=C\C/C=C\C/C=C\C/C=C\CCCCCCCC(=O)OCC(COC(=O)CCCCCCC/C=C\CCCCCCCCC)OC(=O)CCCCCCCCC/C=C\C/C=C\C/C=C\CC. The molecule has 6 nitrogen and oxygen atoms in total. The summed E-state index contributed by atoms with van der Waals surface area (Å²) < 4.78 is 16.9. The lowest BCUT2D eigenvalue weighted by Crippen LogP contribution is -2.30. The van der Waals surface area contributed by atoms with Crippen LogP contribution >= 0.6 is 0 Å². The summed E-state index contributed by atoms with van der Waals surface area (Å²) in [7, 11) is 0. The standard InChI is InChI=1S/C72H118O6/c1-4-7-10-13-16-19-22-25-28-31-32-33-34-35-36-37-38-39-40-42-44-47-50-53-56-59-62-65-71(74)77-68-69(67-76-70(73)64-61-58-55-52-49-46-43-30-27-24-21-18-15-12-9-6-3)78-72(75)66-63-60-57-54-51-48-45-41-29-26-23-20-17-14-11-8-5-2/h7-8,10-11,16-17,19-20,25-26,28-30,32-33,35-36,38-39,42-44,69H,4-6,9,12-15,18,21-24,27,31,34,37,40-41,45-68H2,1-3H3/b10-7-,11-8-,19-16-,20-17-,28-25-,29-26-,33-32-,36-35-,39-38-,43-30-,44-42-. The minimum Gasteiger partial charge on any atom is -0.462 e. The van der Waals surface area contributed by atoms with E-state index in [-0.39, 0.29) is 31.1 Å². The first kappa shape index (κ1) is 73.5. The van der Waals surface area contributed by atoms with E-state index in [9.17, 15) is 14.4 Å². The lowest BCUT2D eigenvalue weighted by Gasteiger charge is -2.18. The maximum atomic E-state index is 12.9. The van der Waals surface area contributed by atoms with E-state index >= 15 is 0 Å². The highest BCUT2D eigenvalue weighted by molar-refractivity contribution is 5.71. The Morgan fingerprint density at radius 2 is 0.500 bits per heavy atom. The number of allylic oxidation sites excluding steroid dienone is 22. The van der Waals surface area contributed by atoms with E-state index in [1.807, 2.05) is 0 Å². The molecule has 0 radical (unpaired) electrons. The molecule has 0 aliphatic carbocycles. The topological polar surface area (TPSA) is 78.9 Å². The molecule has 0 saturated carbocycles. The number of ether oxygens (including phenoxy) is 3. The molecule has 6 heteroatoms. The fourth-order valence-electron chi connectivity index (χ4n) is 8.61. The van der Waals surface area contributed by atoms with Gasteiger partial charge in [-0.2, -0.15) is 0 Å². The molecule has 0 aromatic rings. The minimum absolute atomic E-state index is 0.0958. The van der Waals surface area contributed by atoms with Gasteiger partial charge in [-0.05, 0) is 135 Å². The molecule has 78 heavy (non-hydrogen) atoms. The highest BCUT2D eigenvalue weighted by atomic mass is 16.6. The summed E-state index contributed by atoms with van der Waals surface area (Å²) in [5.74, 6) is -0.930. The van der Waals surface area contributed by atoms with Crippen molar-refractivity contribution in [1.29, 1.82) is 0 Å². The normalized spacial score (nSPS) is 13.0. The Balaban J connectivity index is 4.43. The lowest BCUT2D eigenvalue weighted by atomic mass is 10.1. The summed E-state index contributed by atoms with van der Waals surface area (Å²) >= 11 is 0. The largest absolute Gasteiger partial charge is 0.462 e. The van der Waals surface area contributed by atoms with Crippen LogP contribution in [0.5, 0.6) is 0 Å². The Bertz CT molecular complexity index is 1670. The van der Waals surface area contributed by atoms with Crippen molar-refractivity contribution < 1.29 is 28.6 Å². The second kappa shape index (κ2) is 65.1. The van der Waals surface area contributed by atoms with Crippen LogP contribution in [-0.2, 0) is 28.6 Å². The average Bonchev–Trinajstić information content (AvgIpc) is 3.44. The quantitative estimate of drug-likeness (QED) is 0.0261. The summed E-state index contributed by atoms with van der Waals surface area (Å²) in [6, 6.07) is 0. The molecule has 0 aliphatic heterocycles. The smallest absolute Gasteiger partial charge is 0.306 e. The maximum absolute atomic E-state index is 12.9. The third kappa shape index (κ3) is 62.4. The van der Waals surface area contributed by atoms with Gasteiger partial charge in [0.25, 0.3) is 0 Å². The van der Waals surface area contributed by atoms with Gasteiger partial charge in [0.1, 0.15) is 13.2 Å². The van der Waals surface area contributed by atoms with Crippen molar-refractivity contribution in [2.45, 2.75) is 290 Å². The third-order valence-electron chi connectivity index (χ3n) is 13.4. The zero-order chi connectivity index (χ0) is 56.4. The van der Waals surface area contributed by atoms with Gasteiger partial charge in [0, 0.05) is 19.3 Å². The molecule has 442 valence electrons. The summed E-state index contributed by atoms with van der Waals surface area (Å²) in [4.78, 5) is 38.3. The third-order valence-corrected chi connectivity index (χ3v) is 13.4. The van der Waals surface area contributed by atoms with E-state index in [0.29, 0.717) is 19.3 Å². The monoisotopic (exact) mass is 1080 g/mol. The number of hydrogen-bond donors (Lipinski definition) is 0. The van der Waals surface area contributed by atoms with Gasteiger partial charge in [-0.1, -0.05) is 264 Å². The number of carbonyl (C=O) groups is 3. The van der Waals surface area contributed by atoms with Crippen molar-refractivity contribution in [3.8, 4) is 0 Å². The summed E-state index contributed by atoms with van der Waals surface area (Å²) in [6.45, 7) is 6.39. The van der Waals surface area contributed by atoms with Crippen LogP contribution in [0.3, 0.4) is 0 Å². The Morgan fingerprint density at radius 3 is 0.795 bits per heavy atom. The van der Waals surface area contributed by atoms with Crippen molar-refractivity contribution >= 4 is 17.9 Å². The number of rotatable bonds is 57. The Hall–Kier alpha value is -4.45. The molecule has 0 heterocycles. The first-order valence-electron chi connectivity index (χ1n) is 32.2. The van der Waals surface area contributed by atoms with Crippen LogP contribution in [-0.4, -0.2) is 37.2 Å². The van der Waals surface area contributed by atoms with E-state index in [0.717, 1.165) is 154 Å². The molecule has 0 aliphatic rings. The Kier molecular flexibility index (Phi) is 61.4. The summed E-state index contributed by atoms with van der Waals surface area (Å²) in [5.41, 5.74) is 0. The van der Waals surface area contributed by atoms with E-state index in [4.69, 9.17) is 14.2 Å². The Labute approximate surface area is 481 Å². The molecule has 0 saturated heterocycles. The van der Waals surface area contributed by atoms with E-state index < -0.39 is 6.10 Å². The summed E-state index contributed by atoms with van der Waals surface area (Å²) in [5, 5.41) is 0. The molecule has 0 spiro atoms. The van der Waals surface area contributed by atoms with Crippen LogP contribution in [0.4, 0.5) is 0 Å². The Morgan fingerprint density at radius 1 is 0.269 bits per heavy atom. The lowest BCUT2D eigenvalue weighted by molar-refractivity contribution is -0.167. The highest BCUT2D eigenvalue weighted by Crippen LogP contribution is 2.15. The second-order valence-corrected chi connectivity index (χ2v) is 20.9. The van der Waals surface area contributed by atoms with Crippen LogP contribution in [0.2, 0.25) is 0 Å². The number of unbranched alkanes of at least 4 members (excludes halogenated alkanes) is 24. The molecule has 0 amide bonds. The fourth-order valence-corrected chi connectivity index (χ4v) is 8.61. The van der Waals surface area contributed by atoms with E-state index in [1.54, 1.807) is 0 Å². The average molecular weight is 1080 g/mol. The molecule has 0 aromatic carbocycles. The van der Waals surface area contributed by atoms with Crippen LogP contribution < -0.4 is 0 Å². The number of hydrogen-bond acceptors (Lipinski definition) is 6. The van der Waals surface area contributed by atoms with Gasteiger partial charge >= 0.3 is 17.9 Å². The van der Waals surface area contributed by atoms with Crippen LogP contribution in [0, 0.1) is 0 Å². The molecule has 0 bridgehead atoms. The van der Waals surface area contributed by atoms with Crippen molar-refractivity contribution in [1.82, 2.24) is 0 Å². The van der Waals surface area contributed by atoms with Crippen molar-refractivity contribution in [3.05, 3.63) is 134 Å². The zero-order valence-electron chi connectivity index (χ0n) is 50.6. The number of carbonyl (C=O) groups excluding carboxylic acids is 3. The van der Waals surface area contributed by atoms with Gasteiger partial charge < -0.3 is 14.2 Å². The molecule has 1 atom stereocenters. The predicted octanol–water partition coefficient (Wildman–Crippen LogP) is 22.2. The van der Waals surface area contributed by atoms with Gasteiger partial charge in [-0.15, -0.1) is 0 Å². The van der Waals surface area contributed by atoms with Gasteiger partial charge in [0.2, 0.25) is 0 Å². The van der Waals surface area contributed by atoms with Crippen LogP contribution in [0.1, 0.15) is 284 Å². The molecule has 1 unspecified atom stereocenters. The molecule has 0 aromatic heterocycles. The van der Waals surface area contributed by atoms with Gasteiger partial charge in [-0.25, -0.2) is 0 Å². The first-order chi connectivity index (χ1) is 38.5. The van der Waals surface area contributed by atoms with E-state index in [2.05, 4.69) is 154 Å². The van der Waals surface area contributed by atoms with Gasteiger partial charge in [0.05, 0.1) is 0 Å². The highest BCUT2D eigenvalue weighted by Gasteiger charge is 2.19. The van der Waals surface area contributed by atoms with Crippen molar-refractivity contribution in [2.24, 2.45) is 0 Å². The molecular formula is C72H118O6. The van der Waals surface area contributed by atoms with E-state index in [1.165, 1.54) is 89.9 Å². The van der Waals surface area contributed by atoms with Gasteiger partial charge in [-0.3, -0.25) is 14.4 Å². The second-order valence-electron chi connectivity index (χ2n) is 20.9. The molecule has 0 rings (SSSR count). The molecule has 0 fully saturated rings. The van der Waals surface area contributed by atoms with Crippen molar-refractivity contribution in [3.63, 3.8) is 0 Å². The zero-order valence-corrected chi connectivity index (χ0v) is 50.6. The van der Waals surface area contributed by atoms with Crippen molar-refractivity contribution in [2.75, 3.05) is 13.2 Å². The molecular weight excluding hydrogens is 961 g/mol. The maximum Gasteiger partial charge on any atom is 0.306 e. The van der Waals surface area contributed by atoms with Crippen LogP contribution in [0.25, 0.3) is 0 Å².